The average molecular weight is 480 g/mol. The van der Waals surface area contributed by atoms with Crippen LogP contribution in [0.25, 0.3) is 0 Å². The Morgan fingerprint density at radius 1 is 0.929 bits per heavy atom. The highest BCUT2D eigenvalue weighted by Gasteiger charge is 2.22. The van der Waals surface area contributed by atoms with Crippen molar-refractivity contribution in [2.24, 2.45) is 5.41 Å². The predicted octanol–water partition coefficient (Wildman–Crippen LogP) is 6.78. The van der Waals surface area contributed by atoms with E-state index in [2.05, 4.69) is 36.4 Å². The van der Waals surface area contributed by atoms with Gasteiger partial charge < -0.3 is 0 Å². The van der Waals surface area contributed by atoms with Gasteiger partial charge in [0.15, 0.2) is 0 Å². The van der Waals surface area contributed by atoms with Crippen LogP contribution in [0.2, 0.25) is 0 Å². The molecule has 0 aliphatic rings. The molecular weight excluding hydrogens is 452 g/mol. The second-order valence-electron chi connectivity index (χ2n) is 7.75. The van der Waals surface area contributed by atoms with E-state index < -0.39 is 21.6 Å². The molecule has 28 heavy (non-hydrogen) atoms. The molecule has 2 unspecified atom stereocenters. The maximum atomic E-state index is 13.3. The summed E-state index contributed by atoms with van der Waals surface area (Å²) in [5, 5.41) is 0. The van der Waals surface area contributed by atoms with Gasteiger partial charge in [-0.25, -0.2) is 8.42 Å². The van der Waals surface area contributed by atoms with Gasteiger partial charge in [0.05, 0.1) is 21.6 Å². The third-order valence-corrected chi connectivity index (χ3v) is 7.98. The molecule has 0 spiro atoms. The summed E-state index contributed by atoms with van der Waals surface area (Å²) < 4.78 is 28.0. The van der Waals surface area contributed by atoms with Crippen LogP contribution in [0, 0.1) is 19.3 Å². The van der Waals surface area contributed by atoms with E-state index >= 15 is 0 Å². The van der Waals surface area contributed by atoms with Crippen molar-refractivity contribution in [3.8, 4) is 0 Å². The third-order valence-electron chi connectivity index (χ3n) is 4.33. The highest BCUT2D eigenvalue weighted by atomic mass is 79.9. The van der Waals surface area contributed by atoms with Crippen molar-refractivity contribution in [3.63, 3.8) is 0 Å². The normalized spacial score (nSPS) is 13.6. The quantitative estimate of drug-likeness (QED) is 0.419. The summed E-state index contributed by atoms with van der Waals surface area (Å²) in [6.07, 6.45) is 3.33. The Hall–Kier alpha value is -1.30. The lowest BCUT2D eigenvalue weighted by molar-refractivity contribution is 0.375. The first-order valence-corrected chi connectivity index (χ1v) is 12.2. The maximum Gasteiger partial charge on any atom is 0.109 e. The van der Waals surface area contributed by atoms with Crippen LogP contribution in [-0.4, -0.2) is 8.42 Å². The zero-order valence-corrected chi connectivity index (χ0v) is 20.0. The highest BCUT2D eigenvalue weighted by Crippen LogP contribution is 2.33. The van der Waals surface area contributed by atoms with Gasteiger partial charge in [-0.1, -0.05) is 77.8 Å². The molecule has 0 fully saturated rings. The molecule has 0 aliphatic carbocycles. The van der Waals surface area contributed by atoms with Crippen molar-refractivity contribution in [2.45, 2.75) is 50.3 Å². The molecule has 150 valence electrons. The molecule has 2 aromatic rings. The van der Waals surface area contributed by atoms with Crippen LogP contribution < -0.4 is 0 Å². The fourth-order valence-electron chi connectivity index (χ4n) is 2.73. The fourth-order valence-corrected chi connectivity index (χ4v) is 6.31. The predicted molar refractivity (Wildman–Crippen MR) is 124 cm³/mol. The lowest BCUT2D eigenvalue weighted by atomic mass is 9.86. The van der Waals surface area contributed by atoms with E-state index in [0.29, 0.717) is 20.4 Å². The van der Waals surface area contributed by atoms with Gasteiger partial charge in [0.25, 0.3) is 0 Å². The van der Waals surface area contributed by atoms with Crippen molar-refractivity contribution < 1.29 is 8.42 Å². The minimum Gasteiger partial charge on any atom is -0.248 e. The van der Waals surface area contributed by atoms with E-state index in [1.807, 2.05) is 68.5 Å². The van der Waals surface area contributed by atoms with Crippen molar-refractivity contribution in [1.82, 2.24) is 0 Å². The third kappa shape index (κ3) is 6.64. The Balaban J connectivity index is 2.42. The van der Waals surface area contributed by atoms with Crippen LogP contribution >= 0.6 is 15.9 Å². The molecule has 0 amide bonds. The summed E-state index contributed by atoms with van der Waals surface area (Å²) in [5.74, 6) is 0. The molecule has 0 N–H and O–H groups in total. The Morgan fingerprint density at radius 3 is 1.68 bits per heavy atom. The molecule has 0 heterocycles. The summed E-state index contributed by atoms with van der Waals surface area (Å²) in [5.41, 5.74) is 2.12. The molecule has 5 heteroatoms. The van der Waals surface area contributed by atoms with Crippen LogP contribution in [0.4, 0.5) is 0 Å². The maximum absolute atomic E-state index is 13.3. The van der Waals surface area contributed by atoms with Crippen LogP contribution in [0.1, 0.15) is 37.8 Å². The number of hydrogen-bond acceptors (Lipinski definition) is 2. The fraction of sp³-hybridized carbons (Fsp3) is 0.304. The van der Waals surface area contributed by atoms with Crippen LogP contribution in [0.5, 0.6) is 0 Å². The molecule has 0 saturated heterocycles. The van der Waals surface area contributed by atoms with Gasteiger partial charge in [-0.15, -0.1) is 0 Å². The van der Waals surface area contributed by atoms with Gasteiger partial charge in [-0.2, -0.15) is 0 Å². The van der Waals surface area contributed by atoms with Gasteiger partial charge in [0, 0.05) is 9.79 Å². The Morgan fingerprint density at radius 2 is 1.32 bits per heavy atom. The minimum atomic E-state index is -1.49. The molecular formula is C23H27BrO2S2. The van der Waals surface area contributed by atoms with Gasteiger partial charge in [-0.05, 0) is 60.9 Å². The zero-order chi connectivity index (χ0) is 20.9. The highest BCUT2D eigenvalue weighted by molar-refractivity contribution is 9.11. The first kappa shape index (κ1) is 23.0. The average Bonchev–Trinajstić information content (AvgIpc) is 2.61. The molecule has 0 radical (unpaired) electrons. The van der Waals surface area contributed by atoms with Gasteiger partial charge in [-0.3, -0.25) is 0 Å². The van der Waals surface area contributed by atoms with Gasteiger partial charge in [0.1, 0.15) is 4.24 Å². The Bertz CT molecular complexity index is 851. The molecule has 0 aromatic heterocycles. The number of benzene rings is 2. The summed E-state index contributed by atoms with van der Waals surface area (Å²) in [7, 11) is -2.97. The largest absolute Gasteiger partial charge is 0.248 e. The van der Waals surface area contributed by atoms with E-state index in [4.69, 9.17) is 0 Å². The number of rotatable bonds is 8. The van der Waals surface area contributed by atoms with E-state index in [0.717, 1.165) is 22.0 Å². The number of hydrogen-bond donors (Lipinski definition) is 0. The number of allylic oxidation sites excluding steroid dienone is 2. The van der Waals surface area contributed by atoms with Crippen molar-refractivity contribution in [1.29, 1.82) is 0 Å². The molecule has 0 aliphatic heterocycles. The van der Waals surface area contributed by atoms with Crippen LogP contribution in [0.15, 0.2) is 79.7 Å². The van der Waals surface area contributed by atoms with E-state index in [1.54, 1.807) is 0 Å². The number of aryl methyl sites for hydroxylation is 2. The van der Waals surface area contributed by atoms with Crippen LogP contribution in [0.3, 0.4) is 0 Å². The molecule has 0 bridgehead atoms. The van der Waals surface area contributed by atoms with E-state index in [1.165, 1.54) is 0 Å². The summed E-state index contributed by atoms with van der Waals surface area (Å²) in [6, 6.07) is 15.1. The molecule has 2 atom stereocenters. The van der Waals surface area contributed by atoms with E-state index in [-0.39, 0.29) is 5.41 Å². The summed E-state index contributed by atoms with van der Waals surface area (Å²) in [6.45, 7) is 12.1. The van der Waals surface area contributed by atoms with Crippen molar-refractivity contribution in [2.75, 3.05) is 0 Å². The molecule has 2 aromatic carbocycles. The van der Waals surface area contributed by atoms with E-state index in [9.17, 15) is 8.42 Å². The zero-order valence-electron chi connectivity index (χ0n) is 16.8. The Labute approximate surface area is 182 Å². The first-order chi connectivity index (χ1) is 13.1. The van der Waals surface area contributed by atoms with Crippen molar-refractivity contribution in [3.05, 3.63) is 81.0 Å². The monoisotopic (exact) mass is 478 g/mol. The number of halogens is 1. The molecule has 2 rings (SSSR count). The van der Waals surface area contributed by atoms with Gasteiger partial charge in [0.2, 0.25) is 0 Å². The second-order valence-corrected chi connectivity index (χ2v) is 12.0. The van der Waals surface area contributed by atoms with Crippen LogP contribution in [-0.2, 0) is 21.6 Å². The second kappa shape index (κ2) is 9.95. The summed E-state index contributed by atoms with van der Waals surface area (Å²) in [4.78, 5) is 1.33. The smallest absolute Gasteiger partial charge is 0.109 e. The lowest BCUT2D eigenvalue weighted by Gasteiger charge is -2.23. The standard InChI is InChI=1S/C23H27BrO2S2/c1-17-6-10-20(11-7-17)27(25)22(14-15-23(4,5)16-19(3)24)28(26)21-12-8-18(2)9-13-21/h6-14H,3,15-16H2,1-2,4-5H3. The molecule has 2 nitrogen and oxygen atoms in total. The van der Waals surface area contributed by atoms with Crippen molar-refractivity contribution >= 4 is 37.5 Å². The molecule has 0 saturated carbocycles. The summed E-state index contributed by atoms with van der Waals surface area (Å²) >= 11 is 3.43. The Kier molecular flexibility index (Phi) is 8.17. The minimum absolute atomic E-state index is 0.0826. The topological polar surface area (TPSA) is 34.1 Å². The lowest BCUT2D eigenvalue weighted by Crippen LogP contribution is -2.12. The SMILES string of the molecule is C=C(Br)CC(C)(C)CC=C(S(=O)c1ccc(C)cc1)S(=O)c1ccc(C)cc1. The van der Waals surface area contributed by atoms with Gasteiger partial charge >= 0.3 is 0 Å². The first-order valence-electron chi connectivity index (χ1n) is 9.09.